The molecule has 1 aliphatic rings. The number of nitrogens with two attached hydrogens (primary N) is 1. The predicted molar refractivity (Wildman–Crippen MR) is 69.8 cm³/mol. The highest BCUT2D eigenvalue weighted by molar-refractivity contribution is 9.10. The van der Waals surface area contributed by atoms with Crippen molar-refractivity contribution in [3.8, 4) is 0 Å². The van der Waals surface area contributed by atoms with Gasteiger partial charge in [-0.15, -0.1) is 0 Å². The number of nitrogens with zero attached hydrogens (tertiary/aromatic N) is 3. The summed E-state index contributed by atoms with van der Waals surface area (Å²) in [4.78, 5) is 8.19. The molecule has 0 saturated heterocycles. The molecule has 0 aliphatic carbocycles. The van der Waals surface area contributed by atoms with Gasteiger partial charge in [-0.2, -0.15) is 0 Å². The Hall–Kier alpha value is -1.44. The van der Waals surface area contributed by atoms with E-state index < -0.39 is 0 Å². The molecule has 94 valence electrons. The zero-order chi connectivity index (χ0) is 12.7. The van der Waals surface area contributed by atoms with Crippen LogP contribution in [0.1, 0.15) is 6.23 Å². The van der Waals surface area contributed by atoms with Crippen molar-refractivity contribution in [2.45, 2.75) is 12.3 Å². The summed E-state index contributed by atoms with van der Waals surface area (Å²) in [6, 6.07) is 0. The molecular weight excluding hydrogens is 300 g/mol. The summed E-state index contributed by atoms with van der Waals surface area (Å²) in [5.41, 5.74) is 6.53. The van der Waals surface area contributed by atoms with Gasteiger partial charge in [-0.1, -0.05) is 6.08 Å². The van der Waals surface area contributed by atoms with E-state index in [0.717, 1.165) is 9.86 Å². The number of ether oxygens (including phenoxy) is 1. The first-order valence-electron chi connectivity index (χ1n) is 5.42. The quantitative estimate of drug-likeness (QED) is 0.815. The first-order chi connectivity index (χ1) is 8.70. The van der Waals surface area contributed by atoms with Gasteiger partial charge in [0.15, 0.2) is 6.23 Å². The van der Waals surface area contributed by atoms with Gasteiger partial charge in [0.05, 0.1) is 12.0 Å². The van der Waals surface area contributed by atoms with E-state index in [1.165, 1.54) is 6.33 Å². The Morgan fingerprint density at radius 1 is 1.44 bits per heavy atom. The predicted octanol–water partition coefficient (Wildman–Crippen LogP) is 1.22. The van der Waals surface area contributed by atoms with Gasteiger partial charge in [0.25, 0.3) is 0 Å². The Morgan fingerprint density at radius 3 is 3.00 bits per heavy atom. The van der Waals surface area contributed by atoms with E-state index in [2.05, 4.69) is 25.9 Å². The Labute approximate surface area is 111 Å². The van der Waals surface area contributed by atoms with Crippen molar-refractivity contribution >= 4 is 32.8 Å². The molecule has 6 nitrogen and oxygen atoms in total. The molecule has 0 radical (unpaired) electrons. The Morgan fingerprint density at radius 2 is 2.28 bits per heavy atom. The summed E-state index contributed by atoms with van der Waals surface area (Å²) in [7, 11) is 0. The number of nitrogen functional groups attached to an aromatic ring is 1. The maximum absolute atomic E-state index is 9.05. The minimum atomic E-state index is -0.287. The van der Waals surface area contributed by atoms with E-state index in [1.807, 2.05) is 22.9 Å². The summed E-state index contributed by atoms with van der Waals surface area (Å²) in [5.74, 6) is 0.423. The van der Waals surface area contributed by atoms with Crippen molar-refractivity contribution in [1.29, 1.82) is 0 Å². The first-order valence-corrected chi connectivity index (χ1v) is 6.21. The summed E-state index contributed by atoms with van der Waals surface area (Å²) in [6.45, 7) is -0.0372. The van der Waals surface area contributed by atoms with Gasteiger partial charge < -0.3 is 20.1 Å². The topological polar surface area (TPSA) is 86.2 Å². The fourth-order valence-electron chi connectivity index (χ4n) is 2.01. The third-order valence-corrected chi connectivity index (χ3v) is 3.45. The molecule has 1 aliphatic heterocycles. The van der Waals surface area contributed by atoms with Crippen LogP contribution in [0.4, 0.5) is 5.82 Å². The second-order valence-electron chi connectivity index (χ2n) is 3.97. The zero-order valence-corrected chi connectivity index (χ0v) is 10.9. The van der Waals surface area contributed by atoms with Crippen LogP contribution >= 0.6 is 15.9 Å². The standard InChI is InChI=1S/C11H11BrN4O2/c12-7-3-16(8-2-1-6(4-17)18-8)11-9(7)10(13)14-5-15-11/h1-3,5-6,8,17H,4H2,(H2,13,14,15). The maximum atomic E-state index is 9.05. The van der Waals surface area contributed by atoms with E-state index in [9.17, 15) is 0 Å². The third-order valence-electron chi connectivity index (χ3n) is 2.85. The van der Waals surface area contributed by atoms with Crippen LogP contribution in [0.3, 0.4) is 0 Å². The summed E-state index contributed by atoms with van der Waals surface area (Å²) in [6.07, 6.45) is 6.42. The van der Waals surface area contributed by atoms with Gasteiger partial charge in [0.2, 0.25) is 0 Å². The van der Waals surface area contributed by atoms with Crippen LogP contribution in [-0.4, -0.2) is 32.4 Å². The van der Waals surface area contributed by atoms with E-state index in [1.54, 1.807) is 0 Å². The largest absolute Gasteiger partial charge is 0.393 e. The molecule has 0 amide bonds. The Kier molecular flexibility index (Phi) is 2.81. The van der Waals surface area contributed by atoms with E-state index in [0.29, 0.717) is 11.5 Å². The SMILES string of the molecule is Nc1ncnc2c1c(Br)cn2C1C=CC(CO)O1. The highest BCUT2D eigenvalue weighted by Gasteiger charge is 2.23. The molecular formula is C11H11BrN4O2. The zero-order valence-electron chi connectivity index (χ0n) is 9.32. The van der Waals surface area contributed by atoms with E-state index >= 15 is 0 Å². The molecule has 3 heterocycles. The minimum absolute atomic E-state index is 0.0372. The summed E-state index contributed by atoms with van der Waals surface area (Å²) in [5, 5.41) is 9.82. The van der Waals surface area contributed by atoms with Crippen molar-refractivity contribution in [1.82, 2.24) is 14.5 Å². The molecule has 2 aromatic heterocycles. The van der Waals surface area contributed by atoms with Gasteiger partial charge in [0, 0.05) is 10.7 Å². The molecule has 0 aromatic carbocycles. The van der Waals surface area contributed by atoms with E-state index in [4.69, 9.17) is 15.6 Å². The molecule has 3 rings (SSSR count). The highest BCUT2D eigenvalue weighted by atomic mass is 79.9. The van der Waals surface area contributed by atoms with Crippen LogP contribution in [0.5, 0.6) is 0 Å². The fraction of sp³-hybridized carbons (Fsp3) is 0.273. The molecule has 18 heavy (non-hydrogen) atoms. The molecule has 3 N–H and O–H groups in total. The second-order valence-corrected chi connectivity index (χ2v) is 4.83. The number of rotatable bonds is 2. The maximum Gasteiger partial charge on any atom is 0.155 e. The number of fused-ring (bicyclic) bond motifs is 1. The highest BCUT2D eigenvalue weighted by Crippen LogP contribution is 2.32. The fourth-order valence-corrected chi connectivity index (χ4v) is 2.61. The van der Waals surface area contributed by atoms with Gasteiger partial charge in [0.1, 0.15) is 23.9 Å². The minimum Gasteiger partial charge on any atom is -0.393 e. The second kappa shape index (κ2) is 4.34. The Balaban J connectivity index is 2.09. The van der Waals surface area contributed by atoms with Crippen molar-refractivity contribution in [3.05, 3.63) is 29.1 Å². The van der Waals surface area contributed by atoms with Crippen LogP contribution in [-0.2, 0) is 4.74 Å². The number of hydrogen-bond acceptors (Lipinski definition) is 5. The number of aliphatic hydroxyl groups excluding tert-OH is 1. The molecule has 0 bridgehead atoms. The van der Waals surface area contributed by atoms with Crippen LogP contribution in [0.15, 0.2) is 29.1 Å². The number of aromatic nitrogens is 3. The lowest BCUT2D eigenvalue weighted by atomic mass is 10.4. The van der Waals surface area contributed by atoms with Crippen LogP contribution in [0, 0.1) is 0 Å². The number of anilines is 1. The molecule has 2 aromatic rings. The van der Waals surface area contributed by atoms with Crippen molar-refractivity contribution in [2.75, 3.05) is 12.3 Å². The van der Waals surface area contributed by atoms with Gasteiger partial charge >= 0.3 is 0 Å². The number of aliphatic hydroxyl groups is 1. The molecule has 0 fully saturated rings. The van der Waals surface area contributed by atoms with Gasteiger partial charge in [-0.25, -0.2) is 9.97 Å². The lowest BCUT2D eigenvalue weighted by molar-refractivity contribution is -0.00617. The molecule has 7 heteroatoms. The van der Waals surface area contributed by atoms with Gasteiger partial charge in [-0.3, -0.25) is 0 Å². The molecule has 0 saturated carbocycles. The van der Waals surface area contributed by atoms with E-state index in [-0.39, 0.29) is 18.9 Å². The third kappa shape index (κ3) is 1.71. The normalized spacial score (nSPS) is 23.0. The lowest BCUT2D eigenvalue weighted by Gasteiger charge is -2.14. The summed E-state index contributed by atoms with van der Waals surface area (Å²) < 4.78 is 8.31. The smallest absolute Gasteiger partial charge is 0.155 e. The van der Waals surface area contributed by atoms with Crippen molar-refractivity contribution < 1.29 is 9.84 Å². The molecule has 0 spiro atoms. The van der Waals surface area contributed by atoms with Crippen LogP contribution in [0.25, 0.3) is 11.0 Å². The van der Waals surface area contributed by atoms with Crippen molar-refractivity contribution in [2.24, 2.45) is 0 Å². The molecule has 2 atom stereocenters. The molecule has 2 unspecified atom stereocenters. The monoisotopic (exact) mass is 310 g/mol. The van der Waals surface area contributed by atoms with Gasteiger partial charge in [-0.05, 0) is 22.0 Å². The average molecular weight is 311 g/mol. The first kappa shape index (κ1) is 11.6. The van der Waals surface area contributed by atoms with Crippen molar-refractivity contribution in [3.63, 3.8) is 0 Å². The average Bonchev–Trinajstić information content (AvgIpc) is 2.94. The number of hydrogen-bond donors (Lipinski definition) is 2. The lowest BCUT2D eigenvalue weighted by Crippen LogP contribution is -2.15. The number of halogens is 1. The summed E-state index contributed by atoms with van der Waals surface area (Å²) >= 11 is 3.44. The van der Waals surface area contributed by atoms with Crippen LogP contribution < -0.4 is 5.73 Å². The van der Waals surface area contributed by atoms with Crippen LogP contribution in [0.2, 0.25) is 0 Å². The Bertz CT molecular complexity index is 625.